The fourth-order valence-corrected chi connectivity index (χ4v) is 2.02. The molecule has 0 fully saturated rings. The Morgan fingerprint density at radius 1 is 1.39 bits per heavy atom. The highest BCUT2D eigenvalue weighted by atomic mass is 16.5. The standard InChI is InChI=1S/C14H18O4/c1-8(2)17-13-6-12-9(5-10(13)15)11(16)7-14(3,4)18-12/h5-6,8,15H,7H2,1-4H3. The number of hydrogen-bond donors (Lipinski definition) is 1. The van der Waals surface area contributed by atoms with Crippen LogP contribution in [-0.4, -0.2) is 22.6 Å². The minimum atomic E-state index is -0.518. The number of hydrogen-bond acceptors (Lipinski definition) is 4. The molecule has 98 valence electrons. The van der Waals surface area contributed by atoms with E-state index in [9.17, 15) is 9.90 Å². The lowest BCUT2D eigenvalue weighted by Crippen LogP contribution is -2.35. The number of carbonyl (C=O) groups excluding carboxylic acids is 1. The number of phenolic OH excluding ortho intramolecular Hbond substituents is 1. The first-order valence-electron chi connectivity index (χ1n) is 6.04. The Kier molecular flexibility index (Phi) is 2.97. The maximum Gasteiger partial charge on any atom is 0.170 e. The number of Topliss-reactive ketones (excluding diaryl/α,β-unsaturated/α-hetero) is 1. The molecule has 0 aliphatic carbocycles. The summed E-state index contributed by atoms with van der Waals surface area (Å²) in [5, 5.41) is 9.83. The summed E-state index contributed by atoms with van der Waals surface area (Å²) in [4.78, 5) is 12.0. The molecule has 0 saturated heterocycles. The zero-order valence-electron chi connectivity index (χ0n) is 11.1. The Labute approximate surface area is 107 Å². The molecular formula is C14H18O4. The van der Waals surface area contributed by atoms with E-state index in [1.54, 1.807) is 6.07 Å². The number of fused-ring (bicyclic) bond motifs is 1. The van der Waals surface area contributed by atoms with Crippen molar-refractivity contribution in [3.63, 3.8) is 0 Å². The molecule has 1 aliphatic rings. The quantitative estimate of drug-likeness (QED) is 0.876. The highest BCUT2D eigenvalue weighted by Crippen LogP contribution is 2.40. The second-order valence-corrected chi connectivity index (χ2v) is 5.44. The average Bonchev–Trinajstić information content (AvgIpc) is 2.18. The predicted octanol–water partition coefficient (Wildman–Crippen LogP) is 2.92. The van der Waals surface area contributed by atoms with E-state index in [1.165, 1.54) is 6.07 Å². The van der Waals surface area contributed by atoms with Gasteiger partial charge in [0.25, 0.3) is 0 Å². The van der Waals surface area contributed by atoms with Crippen LogP contribution >= 0.6 is 0 Å². The zero-order chi connectivity index (χ0) is 13.5. The van der Waals surface area contributed by atoms with Gasteiger partial charge in [-0.3, -0.25) is 4.79 Å². The number of carbonyl (C=O) groups is 1. The van der Waals surface area contributed by atoms with Crippen LogP contribution in [0.25, 0.3) is 0 Å². The van der Waals surface area contributed by atoms with E-state index < -0.39 is 5.60 Å². The first-order valence-corrected chi connectivity index (χ1v) is 6.04. The Balaban J connectivity index is 2.44. The molecule has 1 heterocycles. The van der Waals surface area contributed by atoms with Crippen molar-refractivity contribution in [2.45, 2.75) is 45.8 Å². The normalized spacial score (nSPS) is 17.3. The molecule has 4 heteroatoms. The second-order valence-electron chi connectivity index (χ2n) is 5.44. The minimum absolute atomic E-state index is 0.0207. The van der Waals surface area contributed by atoms with E-state index in [1.807, 2.05) is 27.7 Å². The lowest BCUT2D eigenvalue weighted by Gasteiger charge is -2.32. The third-order valence-electron chi connectivity index (χ3n) is 2.70. The second kappa shape index (κ2) is 4.19. The summed E-state index contributed by atoms with van der Waals surface area (Å²) in [6, 6.07) is 3.01. The van der Waals surface area contributed by atoms with Crippen molar-refractivity contribution < 1.29 is 19.4 Å². The van der Waals surface area contributed by atoms with Gasteiger partial charge in [-0.1, -0.05) is 0 Å². The molecule has 0 atom stereocenters. The molecule has 0 aromatic heterocycles. The molecule has 0 radical (unpaired) electrons. The van der Waals surface area contributed by atoms with E-state index >= 15 is 0 Å². The van der Waals surface area contributed by atoms with E-state index in [2.05, 4.69) is 0 Å². The van der Waals surface area contributed by atoms with E-state index in [0.29, 0.717) is 23.5 Å². The molecule has 0 spiro atoms. The van der Waals surface area contributed by atoms with Gasteiger partial charge in [0.1, 0.15) is 11.4 Å². The number of phenols is 1. The Bertz CT molecular complexity index is 489. The van der Waals surface area contributed by atoms with Crippen LogP contribution in [0.4, 0.5) is 0 Å². The first kappa shape index (κ1) is 12.7. The van der Waals surface area contributed by atoms with Crippen LogP contribution in [0.5, 0.6) is 17.2 Å². The molecule has 0 amide bonds. The smallest absolute Gasteiger partial charge is 0.170 e. The molecule has 4 nitrogen and oxygen atoms in total. The number of ketones is 1. The largest absolute Gasteiger partial charge is 0.504 e. The van der Waals surface area contributed by atoms with Gasteiger partial charge in [-0.25, -0.2) is 0 Å². The first-order chi connectivity index (χ1) is 8.28. The fraction of sp³-hybridized carbons (Fsp3) is 0.500. The molecule has 1 N–H and O–H groups in total. The average molecular weight is 250 g/mol. The van der Waals surface area contributed by atoms with Gasteiger partial charge in [0.15, 0.2) is 17.3 Å². The predicted molar refractivity (Wildman–Crippen MR) is 67.5 cm³/mol. The number of aromatic hydroxyl groups is 1. The summed E-state index contributed by atoms with van der Waals surface area (Å²) >= 11 is 0. The summed E-state index contributed by atoms with van der Waals surface area (Å²) in [6.07, 6.45) is 0.255. The molecule has 0 bridgehead atoms. The summed E-state index contributed by atoms with van der Waals surface area (Å²) < 4.78 is 11.2. The van der Waals surface area contributed by atoms with Crippen molar-refractivity contribution in [1.29, 1.82) is 0 Å². The van der Waals surface area contributed by atoms with Crippen molar-refractivity contribution in [2.75, 3.05) is 0 Å². The highest BCUT2D eigenvalue weighted by Gasteiger charge is 2.33. The van der Waals surface area contributed by atoms with Crippen LogP contribution in [0.1, 0.15) is 44.5 Å². The van der Waals surface area contributed by atoms with E-state index in [-0.39, 0.29) is 17.6 Å². The molecule has 2 rings (SSSR count). The third kappa shape index (κ3) is 2.42. The van der Waals surface area contributed by atoms with Crippen LogP contribution < -0.4 is 9.47 Å². The van der Waals surface area contributed by atoms with Gasteiger partial charge < -0.3 is 14.6 Å². The van der Waals surface area contributed by atoms with Gasteiger partial charge in [-0.05, 0) is 33.8 Å². The fourth-order valence-electron chi connectivity index (χ4n) is 2.02. The summed E-state index contributed by atoms with van der Waals surface area (Å²) in [5.74, 6) is 0.769. The Morgan fingerprint density at radius 2 is 2.06 bits per heavy atom. The van der Waals surface area contributed by atoms with Crippen molar-refractivity contribution in [2.24, 2.45) is 0 Å². The van der Waals surface area contributed by atoms with Crippen LogP contribution in [-0.2, 0) is 0 Å². The lowest BCUT2D eigenvalue weighted by atomic mass is 9.93. The van der Waals surface area contributed by atoms with Gasteiger partial charge in [0.2, 0.25) is 0 Å². The molecule has 1 aromatic rings. The van der Waals surface area contributed by atoms with Crippen molar-refractivity contribution in [3.05, 3.63) is 17.7 Å². The van der Waals surface area contributed by atoms with E-state index in [4.69, 9.17) is 9.47 Å². The van der Waals surface area contributed by atoms with Crippen LogP contribution in [0.3, 0.4) is 0 Å². The van der Waals surface area contributed by atoms with E-state index in [0.717, 1.165) is 0 Å². The number of rotatable bonds is 2. The highest BCUT2D eigenvalue weighted by molar-refractivity contribution is 6.01. The van der Waals surface area contributed by atoms with Crippen LogP contribution in [0, 0.1) is 0 Å². The zero-order valence-corrected chi connectivity index (χ0v) is 11.1. The van der Waals surface area contributed by atoms with Crippen molar-refractivity contribution >= 4 is 5.78 Å². The SMILES string of the molecule is CC(C)Oc1cc2c(cc1O)C(=O)CC(C)(C)O2. The summed E-state index contributed by atoms with van der Waals surface area (Å²) in [5.41, 5.74) is -0.0983. The van der Waals surface area contributed by atoms with Gasteiger partial charge in [0, 0.05) is 6.07 Å². The molecular weight excluding hydrogens is 232 g/mol. The Morgan fingerprint density at radius 3 is 2.67 bits per heavy atom. The molecule has 18 heavy (non-hydrogen) atoms. The number of ether oxygens (including phenoxy) is 2. The van der Waals surface area contributed by atoms with Gasteiger partial charge in [-0.2, -0.15) is 0 Å². The molecule has 0 saturated carbocycles. The molecule has 1 aliphatic heterocycles. The molecule has 0 unspecified atom stereocenters. The Hall–Kier alpha value is -1.71. The maximum absolute atomic E-state index is 12.0. The minimum Gasteiger partial charge on any atom is -0.504 e. The van der Waals surface area contributed by atoms with Crippen LogP contribution in [0.15, 0.2) is 12.1 Å². The van der Waals surface area contributed by atoms with Crippen LogP contribution in [0.2, 0.25) is 0 Å². The van der Waals surface area contributed by atoms with Gasteiger partial charge in [-0.15, -0.1) is 0 Å². The maximum atomic E-state index is 12.0. The lowest BCUT2D eigenvalue weighted by molar-refractivity contribution is 0.0616. The topological polar surface area (TPSA) is 55.8 Å². The van der Waals surface area contributed by atoms with Gasteiger partial charge in [0.05, 0.1) is 18.1 Å². The molecule has 1 aromatic carbocycles. The van der Waals surface area contributed by atoms with Crippen molar-refractivity contribution in [1.82, 2.24) is 0 Å². The van der Waals surface area contributed by atoms with Gasteiger partial charge >= 0.3 is 0 Å². The summed E-state index contributed by atoms with van der Waals surface area (Å²) in [6.45, 7) is 7.47. The summed E-state index contributed by atoms with van der Waals surface area (Å²) in [7, 11) is 0. The third-order valence-corrected chi connectivity index (χ3v) is 2.70. The monoisotopic (exact) mass is 250 g/mol. The van der Waals surface area contributed by atoms with Crippen molar-refractivity contribution in [3.8, 4) is 17.2 Å². The number of benzene rings is 1.